The van der Waals surface area contributed by atoms with E-state index in [2.05, 4.69) is 4.12 Å². The Morgan fingerprint density at radius 2 is 0.381 bits per heavy atom. The molecule has 0 spiro atoms. The smallest absolute Gasteiger partial charge is 0.870 e. The second-order valence-corrected chi connectivity index (χ2v) is 2.42. The van der Waals surface area contributed by atoms with Crippen LogP contribution in [0.2, 0.25) is 0 Å². The molecular formula is H61AlCaKNaO36Si2+4. The number of hydrogen-bond acceptors (Lipinski definition) is 6. The Hall–Kier alpha value is 2.62. The first-order valence-corrected chi connectivity index (χ1v) is 3.67. The van der Waals surface area contributed by atoms with Gasteiger partial charge < -0.3 is 192 Å². The van der Waals surface area contributed by atoms with Crippen LogP contribution < -0.4 is 90.5 Å². The molecule has 42 heteroatoms. The van der Waals surface area contributed by atoms with Crippen LogP contribution in [0.3, 0.4) is 0 Å². The summed E-state index contributed by atoms with van der Waals surface area (Å²) in [6, 6.07) is 0. The average molecular weight is 823 g/mol. The van der Waals surface area contributed by atoms with Crippen LogP contribution in [-0.4, -0.2) is 243 Å². The Morgan fingerprint density at radius 1 is 0.333 bits per heavy atom. The summed E-state index contributed by atoms with van der Waals surface area (Å²) < 4.78 is 21.8. The first kappa shape index (κ1) is 1140. The molecule has 0 unspecified atom stereocenters. The molecule has 0 aliphatic rings. The fourth-order valence-electron chi connectivity index (χ4n) is 0.0680. The van der Waals surface area contributed by atoms with E-state index in [9.17, 15) is 18.5 Å². The van der Waals surface area contributed by atoms with Crippen molar-refractivity contribution in [3.05, 3.63) is 0 Å². The molecule has 0 aromatic heterocycles. The molecule has 0 fully saturated rings. The largest absolute Gasteiger partial charge is 3.00 e. The zero-order chi connectivity index (χ0) is 5.86. The molecule has 288 valence electrons. The summed E-state index contributed by atoms with van der Waals surface area (Å²) in [7, 11) is -7.03. The SMILES string of the molecule is O.O.O.O.O.O.O.O.O.O.O.O.O.O.O.O.O.O.O.O.O.O.O.O.O.O.O.O.O.O.O=[Si]([O-])O[Si](=O)[O-].[Al+3].[Ca+2].[K+].[Na+].[OH-]. The zero-order valence-corrected chi connectivity index (χ0v) is 32.3. The summed E-state index contributed by atoms with van der Waals surface area (Å²) in [6.45, 7) is 0. The van der Waals surface area contributed by atoms with Gasteiger partial charge in [0.2, 0.25) is 0 Å². The van der Waals surface area contributed by atoms with Crippen LogP contribution in [0.5, 0.6) is 0 Å². The van der Waals surface area contributed by atoms with Gasteiger partial charge in [0.15, 0.2) is 0 Å². The van der Waals surface area contributed by atoms with E-state index >= 15 is 0 Å². The van der Waals surface area contributed by atoms with Gasteiger partial charge in [0.1, 0.15) is 0 Å². The van der Waals surface area contributed by atoms with Crippen LogP contribution in [-0.2, 0) is 13.0 Å². The normalized spacial score (nSPS) is 1.24. The molecule has 61 N–H and O–H groups in total. The molecule has 36 nitrogen and oxygen atoms in total. The predicted molar refractivity (Wildman–Crippen MR) is 136 cm³/mol. The van der Waals surface area contributed by atoms with Gasteiger partial charge in [-0.05, 0) is 0 Å². The molecule has 0 saturated heterocycles. The fraction of sp³-hybridized carbons (Fsp3) is 0. The molecule has 0 heterocycles. The molecule has 0 radical (unpaired) electrons. The topological polar surface area (TPSA) is 1060 Å². The zero-order valence-electron chi connectivity index (χ0n) is 21.8. The van der Waals surface area contributed by atoms with Gasteiger partial charge in [-0.3, -0.25) is 0 Å². The maximum absolute atomic E-state index is 9.29. The summed E-state index contributed by atoms with van der Waals surface area (Å²) in [5, 5.41) is 0. The third-order valence-electron chi connectivity index (χ3n) is 0.167. The van der Waals surface area contributed by atoms with Gasteiger partial charge in [0.25, 0.3) is 0 Å². The Balaban J connectivity index is -0.000000000303. The van der Waals surface area contributed by atoms with E-state index in [1.165, 1.54) is 0 Å². The molecule has 0 rings (SSSR count). The molecule has 0 saturated carbocycles. The van der Waals surface area contributed by atoms with Gasteiger partial charge in [-0.1, -0.05) is 0 Å². The molecule has 0 aromatic rings. The number of rotatable bonds is 2. The van der Waals surface area contributed by atoms with E-state index in [1.54, 1.807) is 0 Å². The molecule has 0 atom stereocenters. The van der Waals surface area contributed by atoms with Crippen molar-refractivity contribution in [3.63, 3.8) is 0 Å². The van der Waals surface area contributed by atoms with Gasteiger partial charge in [-0.15, -0.1) is 0 Å². The van der Waals surface area contributed by atoms with Crippen LogP contribution in [0.15, 0.2) is 0 Å². The molecule has 0 amide bonds. The maximum Gasteiger partial charge on any atom is 3.00 e. The summed E-state index contributed by atoms with van der Waals surface area (Å²) in [4.78, 5) is 18.6. The van der Waals surface area contributed by atoms with Gasteiger partial charge in [0, 0.05) is 0 Å². The first-order valence-electron chi connectivity index (χ1n) is 1.22. The van der Waals surface area contributed by atoms with Gasteiger partial charge >= 0.3 is 154 Å². The second kappa shape index (κ2) is 856. The fourth-order valence-corrected chi connectivity index (χ4v) is 0.612. The van der Waals surface area contributed by atoms with E-state index in [4.69, 9.17) is 0 Å². The molecule has 0 aliphatic carbocycles. The van der Waals surface area contributed by atoms with E-state index in [1.807, 2.05) is 0 Å². The Labute approximate surface area is 342 Å². The Kier molecular flexibility index (Phi) is 23300. The quantitative estimate of drug-likeness (QED) is 0.243. The van der Waals surface area contributed by atoms with Crippen molar-refractivity contribution in [2.24, 2.45) is 0 Å². The van der Waals surface area contributed by atoms with Crippen molar-refractivity contribution in [1.29, 1.82) is 0 Å². The Bertz CT molecular complexity index is 115. The Morgan fingerprint density at radius 3 is 0.381 bits per heavy atom. The second-order valence-electron chi connectivity index (χ2n) is 0.602. The first-order chi connectivity index (χ1) is 3.13. The molecule has 42 heavy (non-hydrogen) atoms. The monoisotopic (exact) mass is 822 g/mol. The van der Waals surface area contributed by atoms with Crippen molar-refractivity contribution in [2.75, 3.05) is 0 Å². The average Bonchev–Trinajstić information content (AvgIpc) is 1.27. The summed E-state index contributed by atoms with van der Waals surface area (Å²) in [6.07, 6.45) is 0. The van der Waals surface area contributed by atoms with Crippen molar-refractivity contribution < 1.29 is 273 Å². The maximum atomic E-state index is 9.29. The standard InChI is InChI=1S/Al.Ca.K.Na.O5Si2.31H2O/c;;;;1-6(2)5-7(3)4;;;;;;;;;;;;;;;;;;;;;;;;;;;;;;;/h;;;;;31*1H2/q+3;+2;2*+1;-2;;;;;;;;;;;;;;;;;;;;;;;;;;;;;;;/p-1. The van der Waals surface area contributed by atoms with E-state index in [-0.39, 0.29) is 306 Å². The summed E-state index contributed by atoms with van der Waals surface area (Å²) in [5.74, 6) is 0. The van der Waals surface area contributed by atoms with Crippen LogP contribution in [0.25, 0.3) is 0 Å². The van der Waals surface area contributed by atoms with Crippen molar-refractivity contribution in [1.82, 2.24) is 0 Å². The minimum atomic E-state index is -3.51. The van der Waals surface area contributed by atoms with Crippen molar-refractivity contribution in [3.8, 4) is 0 Å². The van der Waals surface area contributed by atoms with Gasteiger partial charge in [-0.25, -0.2) is 0 Å². The molecule has 0 bridgehead atoms. The molecule has 0 aliphatic heterocycles. The van der Waals surface area contributed by atoms with Gasteiger partial charge in [0.05, 0.1) is 0 Å². The minimum Gasteiger partial charge on any atom is -0.870 e. The minimum absolute atomic E-state index is 0. The summed E-state index contributed by atoms with van der Waals surface area (Å²) in [5.41, 5.74) is 0. The third-order valence-corrected chi connectivity index (χ3v) is 1.50. The van der Waals surface area contributed by atoms with Crippen LogP contribution in [0.4, 0.5) is 0 Å². The van der Waals surface area contributed by atoms with Gasteiger partial charge in [-0.2, -0.15) is 0 Å². The molecule has 0 aromatic carbocycles. The van der Waals surface area contributed by atoms with E-state index in [0.29, 0.717) is 0 Å². The summed E-state index contributed by atoms with van der Waals surface area (Å²) >= 11 is 0. The van der Waals surface area contributed by atoms with Crippen molar-refractivity contribution in [2.45, 2.75) is 0 Å². The van der Waals surface area contributed by atoms with Crippen LogP contribution in [0.1, 0.15) is 0 Å². The predicted octanol–water partition coefficient (Wildman–Crippen LogP) is -35.1. The number of hydrogen-bond donors (Lipinski definition) is 0. The molecular weight excluding hydrogens is 761 g/mol. The third kappa shape index (κ3) is 1680. The van der Waals surface area contributed by atoms with E-state index < -0.39 is 18.3 Å². The van der Waals surface area contributed by atoms with Crippen LogP contribution in [0, 0.1) is 0 Å². The van der Waals surface area contributed by atoms with Crippen molar-refractivity contribution >= 4 is 73.4 Å². The van der Waals surface area contributed by atoms with E-state index in [0.717, 1.165) is 0 Å². The van der Waals surface area contributed by atoms with Crippen LogP contribution >= 0.6 is 0 Å².